The van der Waals surface area contributed by atoms with Gasteiger partial charge >= 0.3 is 0 Å². The number of hydrogen-bond donors (Lipinski definition) is 3. The average molecular weight is 404 g/mol. The van der Waals surface area contributed by atoms with Crippen LogP contribution < -0.4 is 14.8 Å². The van der Waals surface area contributed by atoms with Crippen LogP contribution in [0.5, 0.6) is 11.5 Å². The minimum absolute atomic E-state index is 0.0462. The first kappa shape index (κ1) is 18.5. The van der Waals surface area contributed by atoms with Gasteiger partial charge in [-0.15, -0.1) is 0 Å². The molecule has 4 aromatic rings. The van der Waals surface area contributed by atoms with Crippen LogP contribution in [0.3, 0.4) is 0 Å². The molecule has 0 unspecified atom stereocenters. The molecule has 8 heteroatoms. The van der Waals surface area contributed by atoms with Crippen LogP contribution in [0.1, 0.15) is 31.1 Å². The second-order valence-electron chi connectivity index (χ2n) is 7.87. The molecule has 1 aliphatic rings. The number of ether oxygens (including phenoxy) is 2. The summed E-state index contributed by atoms with van der Waals surface area (Å²) in [5.74, 6) is 2.69. The van der Waals surface area contributed by atoms with Gasteiger partial charge in [0.2, 0.25) is 0 Å². The lowest BCUT2D eigenvalue weighted by molar-refractivity contribution is 0.171. The number of aryl methyl sites for hydroxylation is 1. The van der Waals surface area contributed by atoms with Crippen molar-refractivity contribution >= 4 is 16.9 Å². The van der Waals surface area contributed by atoms with Crippen molar-refractivity contribution in [3.63, 3.8) is 0 Å². The minimum Gasteiger partial charge on any atom is -0.486 e. The van der Waals surface area contributed by atoms with Crippen molar-refractivity contribution in [2.24, 2.45) is 5.92 Å². The first-order chi connectivity index (χ1) is 14.6. The van der Waals surface area contributed by atoms with E-state index in [1.54, 1.807) is 6.33 Å². The lowest BCUT2D eigenvalue weighted by Gasteiger charge is -2.26. The number of H-pyrrole nitrogens is 2. The van der Waals surface area contributed by atoms with Gasteiger partial charge in [0.25, 0.3) is 0 Å². The van der Waals surface area contributed by atoms with Gasteiger partial charge in [-0.25, -0.2) is 9.97 Å². The lowest BCUT2D eigenvalue weighted by atomic mass is 9.95. The zero-order valence-electron chi connectivity index (χ0n) is 17.2. The predicted octanol–water partition coefficient (Wildman–Crippen LogP) is 4.24. The van der Waals surface area contributed by atoms with Crippen molar-refractivity contribution < 1.29 is 9.47 Å². The molecule has 0 saturated heterocycles. The fourth-order valence-corrected chi connectivity index (χ4v) is 3.78. The molecule has 0 fully saturated rings. The average Bonchev–Trinajstić information content (AvgIpc) is 3.38. The predicted molar refractivity (Wildman–Crippen MR) is 115 cm³/mol. The molecule has 0 saturated carbocycles. The molecular weight excluding hydrogens is 380 g/mol. The molecular formula is C22H24N6O2. The molecule has 0 radical (unpaired) electrons. The standard InChI is InChI=1S/C22H24N6O2/c1-12(2)20(14-4-5-18-19(9-14)30-7-6-29-18)26-22-15-10-16(17-8-13(3)27-28-17)25-21(15)23-11-24-22/h4-5,8-12,20H,6-7H2,1-3H3,(H,27,28)(H2,23,24,25,26)/t20-/m1/s1. The van der Waals surface area contributed by atoms with E-state index in [0.29, 0.717) is 19.1 Å². The largest absolute Gasteiger partial charge is 0.486 e. The van der Waals surface area contributed by atoms with Gasteiger partial charge < -0.3 is 19.8 Å². The Morgan fingerprint density at radius 3 is 2.63 bits per heavy atom. The molecule has 154 valence electrons. The van der Waals surface area contributed by atoms with Crippen LogP contribution in [0, 0.1) is 12.8 Å². The Morgan fingerprint density at radius 2 is 1.87 bits per heavy atom. The number of nitrogens with zero attached hydrogens (tertiary/aromatic N) is 3. The molecule has 0 aliphatic carbocycles. The van der Waals surface area contributed by atoms with E-state index in [2.05, 4.69) is 56.4 Å². The Balaban J connectivity index is 1.50. The van der Waals surface area contributed by atoms with Crippen LogP contribution in [0.2, 0.25) is 0 Å². The van der Waals surface area contributed by atoms with Gasteiger partial charge in [-0.1, -0.05) is 19.9 Å². The molecule has 4 heterocycles. The SMILES string of the molecule is Cc1cc(-c2cc3c(N[C@@H](c4ccc5c(c4)OCCO5)C(C)C)ncnc3[nH]2)n[nH]1. The topological polar surface area (TPSA) is 101 Å². The van der Waals surface area contributed by atoms with Gasteiger partial charge in [0.1, 0.15) is 36.7 Å². The summed E-state index contributed by atoms with van der Waals surface area (Å²) >= 11 is 0. The maximum Gasteiger partial charge on any atom is 0.161 e. The highest BCUT2D eigenvalue weighted by molar-refractivity contribution is 5.91. The molecule has 3 N–H and O–H groups in total. The molecule has 1 aliphatic heterocycles. The monoisotopic (exact) mass is 404 g/mol. The Morgan fingerprint density at radius 1 is 1.03 bits per heavy atom. The Labute approximate surface area is 174 Å². The summed E-state index contributed by atoms with van der Waals surface area (Å²) in [6.45, 7) is 7.50. The van der Waals surface area contributed by atoms with E-state index < -0.39 is 0 Å². The normalized spacial score (nSPS) is 14.3. The van der Waals surface area contributed by atoms with Gasteiger partial charge in [-0.2, -0.15) is 5.10 Å². The Kier molecular flexibility index (Phi) is 4.54. The highest BCUT2D eigenvalue weighted by atomic mass is 16.6. The van der Waals surface area contributed by atoms with Gasteiger partial charge in [-0.3, -0.25) is 5.10 Å². The zero-order chi connectivity index (χ0) is 20.7. The molecule has 1 aromatic carbocycles. The summed E-state index contributed by atoms with van der Waals surface area (Å²) in [6.07, 6.45) is 1.57. The number of anilines is 1. The number of aromatic nitrogens is 5. The summed E-state index contributed by atoms with van der Waals surface area (Å²) in [7, 11) is 0. The van der Waals surface area contributed by atoms with Crippen molar-refractivity contribution in [3.8, 4) is 22.9 Å². The maximum atomic E-state index is 5.78. The summed E-state index contributed by atoms with van der Waals surface area (Å²) in [5.41, 5.74) is 4.65. The third-order valence-electron chi connectivity index (χ3n) is 5.29. The van der Waals surface area contributed by atoms with Crippen molar-refractivity contribution in [2.75, 3.05) is 18.5 Å². The fraction of sp³-hybridized carbons (Fsp3) is 0.318. The summed E-state index contributed by atoms with van der Waals surface area (Å²) < 4.78 is 11.4. The van der Waals surface area contributed by atoms with E-state index in [-0.39, 0.29) is 6.04 Å². The van der Waals surface area contributed by atoms with Gasteiger partial charge in [0.15, 0.2) is 11.5 Å². The van der Waals surface area contributed by atoms with Gasteiger partial charge in [0, 0.05) is 5.69 Å². The first-order valence-corrected chi connectivity index (χ1v) is 10.1. The minimum atomic E-state index is 0.0462. The molecule has 0 bridgehead atoms. The van der Waals surface area contributed by atoms with Crippen LogP contribution >= 0.6 is 0 Å². The van der Waals surface area contributed by atoms with Crippen LogP contribution in [0.15, 0.2) is 36.7 Å². The molecule has 8 nitrogen and oxygen atoms in total. The van der Waals surface area contributed by atoms with Gasteiger partial charge in [-0.05, 0) is 42.7 Å². The highest BCUT2D eigenvalue weighted by Gasteiger charge is 2.21. The van der Waals surface area contributed by atoms with Crippen molar-refractivity contribution in [2.45, 2.75) is 26.8 Å². The summed E-state index contributed by atoms with van der Waals surface area (Å²) in [4.78, 5) is 12.3. The molecule has 0 amide bonds. The van der Waals surface area contributed by atoms with Gasteiger partial charge in [0.05, 0.1) is 17.1 Å². The number of fused-ring (bicyclic) bond motifs is 2. The Bertz CT molecular complexity index is 1200. The number of rotatable bonds is 5. The van der Waals surface area contributed by atoms with Crippen molar-refractivity contribution in [1.29, 1.82) is 0 Å². The van der Waals surface area contributed by atoms with E-state index in [1.807, 2.05) is 25.1 Å². The zero-order valence-corrected chi connectivity index (χ0v) is 17.2. The third kappa shape index (κ3) is 3.34. The number of nitrogens with one attached hydrogen (secondary N) is 3. The Hall–Kier alpha value is -3.55. The second kappa shape index (κ2) is 7.37. The van der Waals surface area contributed by atoms with Crippen LogP contribution in [0.25, 0.3) is 22.4 Å². The third-order valence-corrected chi connectivity index (χ3v) is 5.29. The van der Waals surface area contributed by atoms with Crippen LogP contribution in [0.4, 0.5) is 5.82 Å². The van der Waals surface area contributed by atoms with E-state index in [4.69, 9.17) is 9.47 Å². The number of hydrogen-bond acceptors (Lipinski definition) is 6. The van der Waals surface area contributed by atoms with Crippen molar-refractivity contribution in [1.82, 2.24) is 25.1 Å². The van der Waals surface area contributed by atoms with E-state index in [1.165, 1.54) is 0 Å². The molecule has 30 heavy (non-hydrogen) atoms. The molecule has 3 aromatic heterocycles. The van der Waals surface area contributed by atoms with Crippen LogP contribution in [-0.2, 0) is 0 Å². The second-order valence-corrected chi connectivity index (χ2v) is 7.87. The van der Waals surface area contributed by atoms with E-state index in [9.17, 15) is 0 Å². The summed E-state index contributed by atoms with van der Waals surface area (Å²) in [6, 6.07) is 10.2. The first-order valence-electron chi connectivity index (χ1n) is 10.1. The van der Waals surface area contributed by atoms with E-state index in [0.717, 1.165) is 51.0 Å². The molecule has 1 atom stereocenters. The number of benzene rings is 1. The fourth-order valence-electron chi connectivity index (χ4n) is 3.78. The quantitative estimate of drug-likeness (QED) is 0.460. The molecule has 5 rings (SSSR count). The van der Waals surface area contributed by atoms with Crippen molar-refractivity contribution in [3.05, 3.63) is 47.9 Å². The van der Waals surface area contributed by atoms with Crippen LogP contribution in [-0.4, -0.2) is 38.4 Å². The number of aromatic amines is 2. The van der Waals surface area contributed by atoms with E-state index >= 15 is 0 Å². The maximum absolute atomic E-state index is 5.78. The lowest BCUT2D eigenvalue weighted by Crippen LogP contribution is -2.19. The molecule has 0 spiro atoms. The smallest absolute Gasteiger partial charge is 0.161 e. The summed E-state index contributed by atoms with van der Waals surface area (Å²) in [5, 5.41) is 11.9. The highest BCUT2D eigenvalue weighted by Crippen LogP contribution is 2.36.